The summed E-state index contributed by atoms with van der Waals surface area (Å²) < 4.78 is 31.7. The van der Waals surface area contributed by atoms with E-state index in [9.17, 15) is 18.4 Å². The zero-order chi connectivity index (χ0) is 19.4. The number of hydrogen-bond acceptors (Lipinski definition) is 4. The van der Waals surface area contributed by atoms with Crippen LogP contribution in [-0.2, 0) is 9.53 Å². The minimum Gasteiger partial charge on any atom is -0.463 e. The van der Waals surface area contributed by atoms with Crippen LogP contribution in [0.3, 0.4) is 0 Å². The Balaban J connectivity index is 2.26. The lowest BCUT2D eigenvalue weighted by Gasteiger charge is -2.31. The summed E-state index contributed by atoms with van der Waals surface area (Å²) in [5.41, 5.74) is 1.35. The largest absolute Gasteiger partial charge is 0.463 e. The summed E-state index contributed by atoms with van der Waals surface area (Å²) in [4.78, 5) is 25.9. The molecule has 2 atom stereocenters. The van der Waals surface area contributed by atoms with Crippen LogP contribution in [0.25, 0.3) is 0 Å². The smallest absolute Gasteiger partial charge is 0.337 e. The Labute approximate surface area is 151 Å². The molecule has 0 bridgehead atoms. The summed E-state index contributed by atoms with van der Waals surface area (Å²) in [6, 6.07) is 2.54. The van der Waals surface area contributed by atoms with E-state index in [0.29, 0.717) is 16.8 Å². The van der Waals surface area contributed by atoms with Gasteiger partial charge >= 0.3 is 12.0 Å². The zero-order valence-electron chi connectivity index (χ0n) is 15.2. The molecule has 1 aliphatic heterocycles. The predicted octanol–water partition coefficient (Wildman–Crippen LogP) is 2.48. The molecule has 1 heterocycles. The molecule has 0 saturated heterocycles. The third-order valence-electron chi connectivity index (χ3n) is 4.36. The molecule has 1 aromatic rings. The number of benzene rings is 1. The Kier molecular flexibility index (Phi) is 6.31. The van der Waals surface area contributed by atoms with Gasteiger partial charge in [-0.2, -0.15) is 0 Å². The van der Waals surface area contributed by atoms with E-state index in [1.807, 2.05) is 11.8 Å². The second-order valence-corrected chi connectivity index (χ2v) is 6.20. The van der Waals surface area contributed by atoms with Gasteiger partial charge in [0.2, 0.25) is 0 Å². The van der Waals surface area contributed by atoms with Crippen LogP contribution in [0.2, 0.25) is 0 Å². The van der Waals surface area contributed by atoms with Crippen LogP contribution in [0.5, 0.6) is 0 Å². The molecular weight excluding hydrogens is 344 g/mol. The molecule has 2 N–H and O–H groups in total. The highest BCUT2D eigenvalue weighted by Crippen LogP contribution is 2.23. The van der Waals surface area contributed by atoms with Crippen LogP contribution in [-0.4, -0.2) is 43.1 Å². The number of halogens is 2. The molecule has 142 valence electrons. The van der Waals surface area contributed by atoms with E-state index in [-0.39, 0.29) is 19.2 Å². The third-order valence-corrected chi connectivity index (χ3v) is 4.36. The SMILES string of the molecule is CCOC(=O)C1=C(CN(C)[C@H](C)c2ccc(F)c(F)c2)NC(=O)N[C@@H]1C. The first-order chi connectivity index (χ1) is 12.2. The Morgan fingerprint density at radius 3 is 2.65 bits per heavy atom. The fraction of sp³-hybridized carbons (Fsp3) is 0.444. The molecule has 1 aliphatic rings. The number of urea groups is 1. The van der Waals surface area contributed by atoms with Gasteiger partial charge in [-0.15, -0.1) is 0 Å². The molecule has 0 spiro atoms. The summed E-state index contributed by atoms with van der Waals surface area (Å²) in [5, 5.41) is 5.27. The molecule has 0 aromatic heterocycles. The van der Waals surface area contributed by atoms with Crippen LogP contribution >= 0.6 is 0 Å². The number of carbonyl (C=O) groups is 2. The van der Waals surface area contributed by atoms with Crippen LogP contribution < -0.4 is 10.6 Å². The van der Waals surface area contributed by atoms with Crippen molar-refractivity contribution in [1.29, 1.82) is 0 Å². The van der Waals surface area contributed by atoms with Gasteiger partial charge in [-0.25, -0.2) is 18.4 Å². The fourth-order valence-electron chi connectivity index (χ4n) is 2.82. The summed E-state index contributed by atoms with van der Waals surface area (Å²) in [5.74, 6) is -2.33. The van der Waals surface area contributed by atoms with E-state index in [0.717, 1.165) is 12.1 Å². The Morgan fingerprint density at radius 1 is 1.35 bits per heavy atom. The molecule has 6 nitrogen and oxygen atoms in total. The third kappa shape index (κ3) is 4.37. The van der Waals surface area contributed by atoms with Gasteiger partial charge in [0.15, 0.2) is 11.6 Å². The average Bonchev–Trinajstić information content (AvgIpc) is 2.56. The van der Waals surface area contributed by atoms with Crippen molar-refractivity contribution in [1.82, 2.24) is 15.5 Å². The second-order valence-electron chi connectivity index (χ2n) is 6.20. The standard InChI is InChI=1S/C18H23F2N3O3/c1-5-26-17(24)16-10(2)21-18(25)22-15(16)9-23(4)11(3)12-6-7-13(19)14(20)8-12/h6-8,10-11H,5,9H2,1-4H3,(H2,21,22,25)/t10-,11-/m1/s1. The average molecular weight is 367 g/mol. The number of esters is 1. The van der Waals surface area contributed by atoms with Crippen LogP contribution in [0.1, 0.15) is 32.4 Å². The van der Waals surface area contributed by atoms with Crippen molar-refractivity contribution in [3.05, 3.63) is 46.7 Å². The van der Waals surface area contributed by atoms with E-state index in [1.165, 1.54) is 6.07 Å². The first-order valence-electron chi connectivity index (χ1n) is 8.37. The van der Waals surface area contributed by atoms with Crippen LogP contribution in [0.4, 0.5) is 13.6 Å². The number of nitrogens with one attached hydrogen (secondary N) is 2. The van der Waals surface area contributed by atoms with Gasteiger partial charge in [-0.3, -0.25) is 4.90 Å². The molecule has 0 saturated carbocycles. The normalized spacial score (nSPS) is 18.4. The highest BCUT2D eigenvalue weighted by molar-refractivity contribution is 5.94. The Hall–Kier alpha value is -2.48. The van der Waals surface area contributed by atoms with Crippen molar-refractivity contribution >= 4 is 12.0 Å². The van der Waals surface area contributed by atoms with Gasteiger partial charge in [0.25, 0.3) is 0 Å². The molecule has 2 rings (SSSR count). The van der Waals surface area contributed by atoms with Crippen molar-refractivity contribution < 1.29 is 23.1 Å². The number of rotatable bonds is 6. The minimum absolute atomic E-state index is 0.220. The number of nitrogens with zero attached hydrogens (tertiary/aromatic N) is 1. The van der Waals surface area contributed by atoms with Crippen LogP contribution in [0, 0.1) is 11.6 Å². The van der Waals surface area contributed by atoms with E-state index in [4.69, 9.17) is 4.74 Å². The van der Waals surface area contributed by atoms with Crippen molar-refractivity contribution in [2.24, 2.45) is 0 Å². The second kappa shape index (κ2) is 8.27. The highest BCUT2D eigenvalue weighted by atomic mass is 19.2. The summed E-state index contributed by atoms with van der Waals surface area (Å²) in [6.45, 7) is 5.67. The fourth-order valence-corrected chi connectivity index (χ4v) is 2.82. The predicted molar refractivity (Wildman–Crippen MR) is 92.2 cm³/mol. The zero-order valence-corrected chi connectivity index (χ0v) is 15.2. The molecular formula is C18H23F2N3O3. The lowest BCUT2D eigenvalue weighted by atomic mass is 10.0. The summed E-state index contributed by atoms with van der Waals surface area (Å²) >= 11 is 0. The van der Waals surface area contributed by atoms with Gasteiger partial charge in [0, 0.05) is 18.3 Å². The van der Waals surface area contributed by atoms with Crippen molar-refractivity contribution in [3.63, 3.8) is 0 Å². The van der Waals surface area contributed by atoms with Crippen molar-refractivity contribution in [2.45, 2.75) is 32.9 Å². The first-order valence-corrected chi connectivity index (χ1v) is 8.37. The maximum absolute atomic E-state index is 13.5. The van der Waals surface area contributed by atoms with Crippen molar-refractivity contribution in [3.8, 4) is 0 Å². The maximum atomic E-state index is 13.5. The summed E-state index contributed by atoms with van der Waals surface area (Å²) in [7, 11) is 1.76. The quantitative estimate of drug-likeness (QED) is 0.758. The topological polar surface area (TPSA) is 70.7 Å². The molecule has 0 radical (unpaired) electrons. The van der Waals surface area contributed by atoms with E-state index >= 15 is 0 Å². The lowest BCUT2D eigenvalue weighted by Crippen LogP contribution is -2.51. The number of carbonyl (C=O) groups excluding carboxylic acids is 2. The molecule has 0 fully saturated rings. The molecule has 8 heteroatoms. The van der Waals surface area contributed by atoms with Crippen molar-refractivity contribution in [2.75, 3.05) is 20.2 Å². The van der Waals surface area contributed by atoms with Gasteiger partial charge in [0.1, 0.15) is 0 Å². The maximum Gasteiger partial charge on any atom is 0.337 e. The molecule has 0 aliphatic carbocycles. The van der Waals surface area contributed by atoms with E-state index < -0.39 is 29.7 Å². The lowest BCUT2D eigenvalue weighted by molar-refractivity contribution is -0.139. The minimum atomic E-state index is -0.919. The molecule has 0 unspecified atom stereocenters. The van der Waals surface area contributed by atoms with Gasteiger partial charge in [-0.1, -0.05) is 6.07 Å². The van der Waals surface area contributed by atoms with E-state index in [1.54, 1.807) is 20.9 Å². The Morgan fingerprint density at radius 2 is 2.04 bits per heavy atom. The van der Waals surface area contributed by atoms with Gasteiger partial charge in [0.05, 0.1) is 18.2 Å². The Bertz CT molecular complexity index is 736. The van der Waals surface area contributed by atoms with Crippen LogP contribution in [0.15, 0.2) is 29.5 Å². The number of ether oxygens (including phenoxy) is 1. The number of amides is 2. The highest BCUT2D eigenvalue weighted by Gasteiger charge is 2.30. The molecule has 1 aromatic carbocycles. The molecule has 2 amide bonds. The summed E-state index contributed by atoms with van der Waals surface area (Å²) in [6.07, 6.45) is 0. The number of likely N-dealkylation sites (N-methyl/N-ethyl adjacent to an activating group) is 1. The first kappa shape index (κ1) is 19.8. The number of hydrogen-bond donors (Lipinski definition) is 2. The van der Waals surface area contributed by atoms with Gasteiger partial charge in [-0.05, 0) is 45.5 Å². The molecule has 26 heavy (non-hydrogen) atoms. The van der Waals surface area contributed by atoms with Gasteiger partial charge < -0.3 is 15.4 Å². The monoisotopic (exact) mass is 367 g/mol. The van der Waals surface area contributed by atoms with E-state index in [2.05, 4.69) is 10.6 Å².